The highest BCUT2D eigenvalue weighted by molar-refractivity contribution is 9.10. The van der Waals surface area contributed by atoms with Gasteiger partial charge in [-0.25, -0.2) is 8.42 Å². The number of anilines is 1. The quantitative estimate of drug-likeness (QED) is 0.269. The maximum Gasteiger partial charge on any atom is 0.264 e. The van der Waals surface area contributed by atoms with Gasteiger partial charge in [0.25, 0.3) is 10.0 Å². The third kappa shape index (κ3) is 8.45. The second-order valence-corrected chi connectivity index (χ2v) is 13.1. The number of hydrogen-bond acceptors (Lipinski definition) is 4. The zero-order valence-electron chi connectivity index (χ0n) is 21.8. The molecule has 0 bridgehead atoms. The normalized spacial score (nSPS) is 12.2. The van der Waals surface area contributed by atoms with E-state index in [9.17, 15) is 18.0 Å². The fourth-order valence-electron chi connectivity index (χ4n) is 3.72. The SMILES string of the molecule is CC(C)CNC(=O)[C@@H](C)N(Cc1ccc(Br)cc1)C(=O)CN(c1cccc(Cl)c1)S(=O)(=O)c1ccc(Cl)cc1. The molecular formula is C28H30BrCl2N3O4S. The van der Waals surface area contributed by atoms with Gasteiger partial charge < -0.3 is 10.2 Å². The summed E-state index contributed by atoms with van der Waals surface area (Å²) in [5.41, 5.74) is 0.997. The summed E-state index contributed by atoms with van der Waals surface area (Å²) in [5.74, 6) is -0.661. The van der Waals surface area contributed by atoms with E-state index in [1.165, 1.54) is 35.2 Å². The van der Waals surface area contributed by atoms with Crippen molar-refractivity contribution in [1.29, 1.82) is 0 Å². The Morgan fingerprint density at radius 2 is 1.56 bits per heavy atom. The van der Waals surface area contributed by atoms with Crippen molar-refractivity contribution in [2.75, 3.05) is 17.4 Å². The number of sulfonamides is 1. The van der Waals surface area contributed by atoms with E-state index in [2.05, 4.69) is 21.2 Å². The molecule has 3 rings (SSSR count). The molecule has 208 valence electrons. The van der Waals surface area contributed by atoms with E-state index in [0.717, 1.165) is 14.3 Å². The van der Waals surface area contributed by atoms with Gasteiger partial charge in [0.2, 0.25) is 11.8 Å². The van der Waals surface area contributed by atoms with Gasteiger partial charge in [-0.1, -0.05) is 71.2 Å². The van der Waals surface area contributed by atoms with Crippen LogP contribution in [0.15, 0.2) is 82.2 Å². The number of amides is 2. The van der Waals surface area contributed by atoms with Crippen LogP contribution in [0.2, 0.25) is 10.0 Å². The smallest absolute Gasteiger partial charge is 0.264 e. The first-order chi connectivity index (χ1) is 18.4. The Balaban J connectivity index is 2.01. The van der Waals surface area contributed by atoms with Crippen LogP contribution in [0.5, 0.6) is 0 Å². The van der Waals surface area contributed by atoms with Gasteiger partial charge in [0.15, 0.2) is 0 Å². The molecule has 0 saturated carbocycles. The first kappa shape index (κ1) is 30.9. The Hall–Kier alpha value is -2.59. The van der Waals surface area contributed by atoms with E-state index >= 15 is 0 Å². The van der Waals surface area contributed by atoms with Crippen molar-refractivity contribution < 1.29 is 18.0 Å². The average Bonchev–Trinajstić information content (AvgIpc) is 2.89. The second kappa shape index (κ2) is 13.7. The highest BCUT2D eigenvalue weighted by Crippen LogP contribution is 2.27. The van der Waals surface area contributed by atoms with Crippen molar-refractivity contribution in [1.82, 2.24) is 10.2 Å². The van der Waals surface area contributed by atoms with Crippen LogP contribution in [0, 0.1) is 5.92 Å². The fourth-order valence-corrected chi connectivity index (χ4v) is 5.70. The van der Waals surface area contributed by atoms with E-state index in [1.54, 1.807) is 25.1 Å². The van der Waals surface area contributed by atoms with Gasteiger partial charge in [-0.15, -0.1) is 0 Å². The van der Waals surface area contributed by atoms with E-state index in [1.807, 2.05) is 38.1 Å². The minimum Gasteiger partial charge on any atom is -0.354 e. The van der Waals surface area contributed by atoms with Crippen molar-refractivity contribution in [2.45, 2.75) is 38.3 Å². The molecule has 39 heavy (non-hydrogen) atoms. The number of carbonyl (C=O) groups excluding carboxylic acids is 2. The third-order valence-electron chi connectivity index (χ3n) is 5.89. The lowest BCUT2D eigenvalue weighted by Gasteiger charge is -2.32. The van der Waals surface area contributed by atoms with Crippen molar-refractivity contribution >= 4 is 66.7 Å². The van der Waals surface area contributed by atoms with Crippen LogP contribution in [-0.4, -0.2) is 44.3 Å². The lowest BCUT2D eigenvalue weighted by Crippen LogP contribution is -2.51. The van der Waals surface area contributed by atoms with Crippen LogP contribution in [0.3, 0.4) is 0 Å². The molecule has 0 aliphatic rings. The summed E-state index contributed by atoms with van der Waals surface area (Å²) in [7, 11) is -4.20. The standard InChI is InChI=1S/C28H30BrCl2N3O4S/c1-19(2)16-32-28(36)20(3)33(17-21-7-9-22(29)10-8-21)27(35)18-34(25-6-4-5-24(31)15-25)39(37,38)26-13-11-23(30)12-14-26/h4-15,19-20H,16-18H2,1-3H3,(H,32,36)/t20-/m1/s1. The van der Waals surface area contributed by atoms with Crippen LogP contribution in [-0.2, 0) is 26.2 Å². The molecule has 7 nitrogen and oxygen atoms in total. The molecule has 0 saturated heterocycles. The Bertz CT molecular complexity index is 1400. The van der Waals surface area contributed by atoms with Crippen LogP contribution in [0.4, 0.5) is 5.69 Å². The Morgan fingerprint density at radius 3 is 2.15 bits per heavy atom. The first-order valence-electron chi connectivity index (χ1n) is 12.2. The lowest BCUT2D eigenvalue weighted by molar-refractivity contribution is -0.139. The molecule has 0 spiro atoms. The largest absolute Gasteiger partial charge is 0.354 e. The average molecular weight is 655 g/mol. The number of carbonyl (C=O) groups is 2. The van der Waals surface area contributed by atoms with Gasteiger partial charge in [0.05, 0.1) is 10.6 Å². The molecule has 0 fully saturated rings. The molecule has 0 unspecified atom stereocenters. The van der Waals surface area contributed by atoms with E-state index in [4.69, 9.17) is 23.2 Å². The number of rotatable bonds is 11. The van der Waals surface area contributed by atoms with Gasteiger partial charge in [0.1, 0.15) is 12.6 Å². The van der Waals surface area contributed by atoms with Gasteiger partial charge in [-0.2, -0.15) is 0 Å². The third-order valence-corrected chi connectivity index (χ3v) is 8.70. The molecule has 0 aliphatic heterocycles. The molecule has 11 heteroatoms. The van der Waals surface area contributed by atoms with Gasteiger partial charge in [-0.3, -0.25) is 13.9 Å². The molecule has 1 N–H and O–H groups in total. The summed E-state index contributed by atoms with van der Waals surface area (Å²) >= 11 is 15.6. The van der Waals surface area contributed by atoms with Crippen LogP contribution < -0.4 is 9.62 Å². The molecule has 3 aromatic carbocycles. The number of halogens is 3. The Labute approximate surface area is 248 Å². The maximum absolute atomic E-state index is 13.9. The summed E-state index contributed by atoms with van der Waals surface area (Å²) in [6, 6.07) is 18.4. The summed E-state index contributed by atoms with van der Waals surface area (Å²) in [6.07, 6.45) is 0. The minimum atomic E-state index is -4.20. The monoisotopic (exact) mass is 653 g/mol. The summed E-state index contributed by atoms with van der Waals surface area (Å²) in [5, 5.41) is 3.55. The molecule has 2 amide bonds. The number of hydrogen-bond donors (Lipinski definition) is 1. The highest BCUT2D eigenvalue weighted by Gasteiger charge is 2.32. The predicted molar refractivity (Wildman–Crippen MR) is 159 cm³/mol. The molecule has 0 aliphatic carbocycles. The molecule has 1 atom stereocenters. The van der Waals surface area contributed by atoms with Crippen molar-refractivity contribution in [3.8, 4) is 0 Å². The van der Waals surface area contributed by atoms with Crippen LogP contribution >= 0.6 is 39.1 Å². The van der Waals surface area contributed by atoms with E-state index in [0.29, 0.717) is 16.6 Å². The molecular weight excluding hydrogens is 625 g/mol. The lowest BCUT2D eigenvalue weighted by atomic mass is 10.1. The Morgan fingerprint density at radius 1 is 0.923 bits per heavy atom. The van der Waals surface area contributed by atoms with E-state index in [-0.39, 0.29) is 29.0 Å². The Kier molecular flexibility index (Phi) is 10.8. The molecule has 3 aromatic rings. The van der Waals surface area contributed by atoms with Crippen molar-refractivity contribution in [3.05, 3.63) is 92.9 Å². The van der Waals surface area contributed by atoms with Crippen molar-refractivity contribution in [2.24, 2.45) is 5.92 Å². The van der Waals surface area contributed by atoms with Crippen molar-refractivity contribution in [3.63, 3.8) is 0 Å². The number of nitrogens with zero attached hydrogens (tertiary/aromatic N) is 2. The van der Waals surface area contributed by atoms with Crippen LogP contribution in [0.25, 0.3) is 0 Å². The first-order valence-corrected chi connectivity index (χ1v) is 15.2. The molecule has 0 heterocycles. The zero-order chi connectivity index (χ0) is 28.7. The summed E-state index contributed by atoms with van der Waals surface area (Å²) in [6.45, 7) is 5.57. The van der Waals surface area contributed by atoms with Gasteiger partial charge in [0, 0.05) is 27.6 Å². The van der Waals surface area contributed by atoms with Crippen LogP contribution in [0.1, 0.15) is 26.3 Å². The number of nitrogens with one attached hydrogen (secondary N) is 1. The fraction of sp³-hybridized carbons (Fsp3) is 0.286. The molecule has 0 aromatic heterocycles. The zero-order valence-corrected chi connectivity index (χ0v) is 25.7. The van der Waals surface area contributed by atoms with Gasteiger partial charge in [-0.05, 0) is 73.0 Å². The topological polar surface area (TPSA) is 86.8 Å². The second-order valence-electron chi connectivity index (χ2n) is 9.41. The van der Waals surface area contributed by atoms with Gasteiger partial charge >= 0.3 is 0 Å². The van der Waals surface area contributed by atoms with E-state index < -0.39 is 28.5 Å². The minimum absolute atomic E-state index is 0.0399. The predicted octanol–water partition coefficient (Wildman–Crippen LogP) is 6.14. The summed E-state index contributed by atoms with van der Waals surface area (Å²) in [4.78, 5) is 28.2. The summed E-state index contributed by atoms with van der Waals surface area (Å²) < 4.78 is 29.4. The molecule has 0 radical (unpaired) electrons. The highest BCUT2D eigenvalue weighted by atomic mass is 79.9. The maximum atomic E-state index is 13.9. The number of benzene rings is 3.